The first-order valence-electron chi connectivity index (χ1n) is 8.04. The van der Waals surface area contributed by atoms with Crippen molar-refractivity contribution in [2.45, 2.75) is 13.5 Å². The van der Waals surface area contributed by atoms with E-state index in [1.807, 2.05) is 36.1 Å². The maximum Gasteiger partial charge on any atom is 0.248 e. The summed E-state index contributed by atoms with van der Waals surface area (Å²) in [4.78, 5) is 20.3. The molecule has 0 bridgehead atoms. The second-order valence-corrected chi connectivity index (χ2v) is 5.97. The van der Waals surface area contributed by atoms with Crippen molar-refractivity contribution in [3.8, 4) is 11.4 Å². The Morgan fingerprint density at radius 3 is 2.58 bits per heavy atom. The number of benzene rings is 1. The molecular formula is C17H22N4O3. The van der Waals surface area contributed by atoms with Gasteiger partial charge in [-0.2, -0.15) is 4.98 Å². The molecule has 3 rings (SSSR count). The number of hydrogen-bond acceptors (Lipinski definition) is 6. The molecule has 1 aliphatic rings. The fraction of sp³-hybridized carbons (Fsp3) is 0.471. The average Bonchev–Trinajstić information content (AvgIpc) is 3.05. The molecule has 0 unspecified atom stereocenters. The van der Waals surface area contributed by atoms with Crippen LogP contribution in [0.1, 0.15) is 11.5 Å². The quantitative estimate of drug-likeness (QED) is 0.824. The SMILES string of the molecule is COCC(=O)N1CCN(Cc2nc(-c3ccc(C)cc3)no2)CC1. The summed E-state index contributed by atoms with van der Waals surface area (Å²) in [6.07, 6.45) is 0. The van der Waals surface area contributed by atoms with Crippen LogP contribution in [-0.4, -0.2) is 65.7 Å². The van der Waals surface area contributed by atoms with Crippen LogP contribution in [-0.2, 0) is 16.1 Å². The van der Waals surface area contributed by atoms with Gasteiger partial charge in [-0.15, -0.1) is 0 Å². The maximum atomic E-state index is 11.8. The second-order valence-electron chi connectivity index (χ2n) is 5.97. The number of aryl methyl sites for hydroxylation is 1. The van der Waals surface area contributed by atoms with Gasteiger partial charge in [0.05, 0.1) is 6.54 Å². The Bertz CT molecular complexity index is 675. The zero-order valence-electron chi connectivity index (χ0n) is 14.1. The van der Waals surface area contributed by atoms with Crippen LogP contribution in [0.25, 0.3) is 11.4 Å². The number of hydrogen-bond donors (Lipinski definition) is 0. The van der Waals surface area contributed by atoms with Gasteiger partial charge in [-0.1, -0.05) is 35.0 Å². The summed E-state index contributed by atoms with van der Waals surface area (Å²) < 4.78 is 10.3. The van der Waals surface area contributed by atoms with Crippen LogP contribution in [0.4, 0.5) is 0 Å². The molecular weight excluding hydrogens is 308 g/mol. The van der Waals surface area contributed by atoms with Gasteiger partial charge in [0.2, 0.25) is 17.6 Å². The lowest BCUT2D eigenvalue weighted by molar-refractivity contribution is -0.137. The van der Waals surface area contributed by atoms with Crippen molar-refractivity contribution in [2.75, 3.05) is 39.9 Å². The number of carbonyl (C=O) groups is 1. The summed E-state index contributed by atoms with van der Waals surface area (Å²) in [6.45, 7) is 5.76. The molecule has 1 aliphatic heterocycles. The number of nitrogens with zero attached hydrogens (tertiary/aromatic N) is 4. The average molecular weight is 330 g/mol. The van der Waals surface area contributed by atoms with Crippen molar-refractivity contribution >= 4 is 5.91 Å². The molecule has 7 nitrogen and oxygen atoms in total. The zero-order chi connectivity index (χ0) is 16.9. The van der Waals surface area contributed by atoms with E-state index < -0.39 is 0 Å². The molecule has 2 aromatic rings. The summed E-state index contributed by atoms with van der Waals surface area (Å²) in [5, 5.41) is 4.06. The lowest BCUT2D eigenvalue weighted by Gasteiger charge is -2.33. The van der Waals surface area contributed by atoms with E-state index in [-0.39, 0.29) is 12.5 Å². The standard InChI is InChI=1S/C17H22N4O3/c1-13-3-5-14(6-4-13)17-18-15(24-19-17)11-20-7-9-21(10-8-20)16(22)12-23-2/h3-6H,7-12H2,1-2H3. The van der Waals surface area contributed by atoms with Crippen LogP contribution in [0, 0.1) is 6.92 Å². The molecule has 0 atom stereocenters. The zero-order valence-corrected chi connectivity index (χ0v) is 14.1. The molecule has 1 fully saturated rings. The van der Waals surface area contributed by atoms with Crippen molar-refractivity contribution in [3.05, 3.63) is 35.7 Å². The highest BCUT2D eigenvalue weighted by atomic mass is 16.5. The third-order valence-electron chi connectivity index (χ3n) is 4.13. The van der Waals surface area contributed by atoms with E-state index in [9.17, 15) is 4.79 Å². The number of amides is 1. The fourth-order valence-corrected chi connectivity index (χ4v) is 2.70. The van der Waals surface area contributed by atoms with Gasteiger partial charge < -0.3 is 14.2 Å². The molecule has 0 spiro atoms. The number of carbonyl (C=O) groups excluding carboxylic acids is 1. The summed E-state index contributed by atoms with van der Waals surface area (Å²) in [5.74, 6) is 1.25. The van der Waals surface area contributed by atoms with Crippen LogP contribution in [0.15, 0.2) is 28.8 Å². The van der Waals surface area contributed by atoms with Crippen molar-refractivity contribution in [1.29, 1.82) is 0 Å². The largest absolute Gasteiger partial charge is 0.375 e. The van der Waals surface area contributed by atoms with E-state index in [1.165, 1.54) is 12.7 Å². The predicted molar refractivity (Wildman–Crippen MR) is 88.2 cm³/mol. The van der Waals surface area contributed by atoms with E-state index in [2.05, 4.69) is 15.0 Å². The number of methoxy groups -OCH3 is 1. The van der Waals surface area contributed by atoms with Crippen molar-refractivity contribution in [2.24, 2.45) is 0 Å². The summed E-state index contributed by atoms with van der Waals surface area (Å²) in [6, 6.07) is 8.04. The molecule has 1 saturated heterocycles. The van der Waals surface area contributed by atoms with Crippen LogP contribution in [0.5, 0.6) is 0 Å². The predicted octanol–water partition coefficient (Wildman–Crippen LogP) is 1.34. The normalized spacial score (nSPS) is 15.7. The number of ether oxygens (including phenoxy) is 1. The van der Waals surface area contributed by atoms with Crippen LogP contribution in [0.2, 0.25) is 0 Å². The lowest BCUT2D eigenvalue weighted by Crippen LogP contribution is -2.49. The topological polar surface area (TPSA) is 71.7 Å². The first kappa shape index (κ1) is 16.6. The maximum absolute atomic E-state index is 11.8. The first-order valence-corrected chi connectivity index (χ1v) is 8.04. The molecule has 0 N–H and O–H groups in total. The van der Waals surface area contributed by atoms with Gasteiger partial charge in [0.1, 0.15) is 6.61 Å². The Morgan fingerprint density at radius 2 is 1.92 bits per heavy atom. The molecule has 1 aromatic heterocycles. The second kappa shape index (κ2) is 7.55. The minimum absolute atomic E-state index is 0.0385. The van der Waals surface area contributed by atoms with E-state index in [4.69, 9.17) is 9.26 Å². The molecule has 0 aliphatic carbocycles. The molecule has 24 heavy (non-hydrogen) atoms. The lowest BCUT2D eigenvalue weighted by atomic mass is 10.1. The minimum atomic E-state index is 0.0385. The van der Waals surface area contributed by atoms with Gasteiger partial charge in [-0.25, -0.2) is 0 Å². The van der Waals surface area contributed by atoms with Gasteiger partial charge in [0, 0.05) is 38.9 Å². The smallest absolute Gasteiger partial charge is 0.248 e. The third kappa shape index (κ3) is 3.98. The molecule has 2 heterocycles. The summed E-state index contributed by atoms with van der Waals surface area (Å²) in [5.41, 5.74) is 2.15. The Balaban J connectivity index is 1.54. The highest BCUT2D eigenvalue weighted by Gasteiger charge is 2.22. The molecule has 7 heteroatoms. The van der Waals surface area contributed by atoms with Crippen LogP contribution < -0.4 is 0 Å². The van der Waals surface area contributed by atoms with Crippen LogP contribution in [0.3, 0.4) is 0 Å². The fourth-order valence-electron chi connectivity index (χ4n) is 2.70. The minimum Gasteiger partial charge on any atom is -0.375 e. The van der Waals surface area contributed by atoms with Crippen LogP contribution >= 0.6 is 0 Å². The highest BCUT2D eigenvalue weighted by Crippen LogP contribution is 2.17. The Kier molecular flexibility index (Phi) is 5.22. The molecule has 128 valence electrons. The van der Waals surface area contributed by atoms with E-state index in [0.29, 0.717) is 31.3 Å². The molecule has 0 saturated carbocycles. The number of aromatic nitrogens is 2. The van der Waals surface area contributed by atoms with E-state index in [1.54, 1.807) is 0 Å². The Morgan fingerprint density at radius 1 is 1.21 bits per heavy atom. The highest BCUT2D eigenvalue weighted by molar-refractivity contribution is 5.77. The van der Waals surface area contributed by atoms with Crippen molar-refractivity contribution < 1.29 is 14.1 Å². The first-order chi connectivity index (χ1) is 11.7. The van der Waals surface area contributed by atoms with Crippen molar-refractivity contribution in [3.63, 3.8) is 0 Å². The monoisotopic (exact) mass is 330 g/mol. The summed E-state index contributed by atoms with van der Waals surface area (Å²) >= 11 is 0. The summed E-state index contributed by atoms with van der Waals surface area (Å²) in [7, 11) is 1.54. The number of piperazine rings is 1. The van der Waals surface area contributed by atoms with E-state index in [0.717, 1.165) is 18.7 Å². The Labute approximate surface area is 141 Å². The molecule has 0 radical (unpaired) electrons. The van der Waals surface area contributed by atoms with E-state index >= 15 is 0 Å². The van der Waals surface area contributed by atoms with Gasteiger partial charge in [-0.05, 0) is 6.92 Å². The van der Waals surface area contributed by atoms with Gasteiger partial charge in [0.15, 0.2) is 0 Å². The number of rotatable bonds is 5. The van der Waals surface area contributed by atoms with Crippen molar-refractivity contribution in [1.82, 2.24) is 19.9 Å². The molecule has 1 amide bonds. The van der Waals surface area contributed by atoms with Gasteiger partial charge in [-0.3, -0.25) is 9.69 Å². The van der Waals surface area contributed by atoms with Gasteiger partial charge >= 0.3 is 0 Å². The molecule has 1 aromatic carbocycles. The Hall–Kier alpha value is -2.25. The third-order valence-corrected chi connectivity index (χ3v) is 4.13. The van der Waals surface area contributed by atoms with Gasteiger partial charge in [0.25, 0.3) is 0 Å².